The SMILES string of the molecule is CCC(C)c1ccc(OC(CC(C)(C)C)OC2CCC3CCCCC3C2)cc1. The summed E-state index contributed by atoms with van der Waals surface area (Å²) in [4.78, 5) is 0. The Morgan fingerprint density at radius 2 is 1.64 bits per heavy atom. The maximum atomic E-state index is 6.60. The molecule has 5 unspecified atom stereocenters. The highest BCUT2D eigenvalue weighted by Crippen LogP contribution is 2.42. The average molecular weight is 387 g/mol. The highest BCUT2D eigenvalue weighted by Gasteiger charge is 2.34. The summed E-state index contributed by atoms with van der Waals surface area (Å²) in [6, 6.07) is 8.67. The van der Waals surface area contributed by atoms with Gasteiger partial charge in [0.2, 0.25) is 6.29 Å². The first-order valence-electron chi connectivity index (χ1n) is 11.8. The highest BCUT2D eigenvalue weighted by molar-refractivity contribution is 5.29. The molecule has 0 amide bonds. The topological polar surface area (TPSA) is 18.5 Å². The monoisotopic (exact) mass is 386 g/mol. The fraction of sp³-hybridized carbons (Fsp3) is 0.769. The van der Waals surface area contributed by atoms with Crippen LogP contribution in [0.25, 0.3) is 0 Å². The van der Waals surface area contributed by atoms with Crippen molar-refractivity contribution in [3.63, 3.8) is 0 Å². The third kappa shape index (κ3) is 6.24. The summed E-state index contributed by atoms with van der Waals surface area (Å²) in [5.74, 6) is 3.38. The summed E-state index contributed by atoms with van der Waals surface area (Å²) in [7, 11) is 0. The summed E-state index contributed by atoms with van der Waals surface area (Å²) in [6.07, 6.45) is 11.8. The van der Waals surface area contributed by atoms with Crippen molar-refractivity contribution in [2.45, 2.75) is 111 Å². The van der Waals surface area contributed by atoms with Crippen LogP contribution in [0.2, 0.25) is 0 Å². The minimum Gasteiger partial charge on any atom is -0.465 e. The molecule has 2 heteroatoms. The summed E-state index contributed by atoms with van der Waals surface area (Å²) < 4.78 is 13.0. The lowest BCUT2D eigenvalue weighted by molar-refractivity contribution is -0.152. The number of fused-ring (bicyclic) bond motifs is 1. The van der Waals surface area contributed by atoms with Crippen LogP contribution < -0.4 is 4.74 Å². The van der Waals surface area contributed by atoms with E-state index in [4.69, 9.17) is 9.47 Å². The van der Waals surface area contributed by atoms with Gasteiger partial charge in [-0.15, -0.1) is 0 Å². The molecule has 0 N–H and O–H groups in total. The molecule has 0 spiro atoms. The molecule has 0 radical (unpaired) electrons. The van der Waals surface area contributed by atoms with Crippen molar-refractivity contribution in [2.75, 3.05) is 0 Å². The predicted octanol–water partition coefficient (Wildman–Crippen LogP) is 7.72. The van der Waals surface area contributed by atoms with E-state index in [0.29, 0.717) is 12.0 Å². The second-order valence-electron chi connectivity index (χ2n) is 10.6. The summed E-state index contributed by atoms with van der Waals surface area (Å²) in [5, 5.41) is 0. The van der Waals surface area contributed by atoms with Gasteiger partial charge in [0.25, 0.3) is 0 Å². The minimum absolute atomic E-state index is 0.153. The van der Waals surface area contributed by atoms with Gasteiger partial charge in [-0.3, -0.25) is 0 Å². The number of rotatable bonds is 7. The third-order valence-corrected chi connectivity index (χ3v) is 6.94. The Morgan fingerprint density at radius 3 is 2.29 bits per heavy atom. The zero-order valence-corrected chi connectivity index (χ0v) is 18.9. The number of hydrogen-bond acceptors (Lipinski definition) is 2. The first-order valence-corrected chi connectivity index (χ1v) is 11.8. The lowest BCUT2D eigenvalue weighted by atomic mass is 9.70. The summed E-state index contributed by atoms with van der Waals surface area (Å²) >= 11 is 0. The quantitative estimate of drug-likeness (QED) is 0.447. The Bertz CT molecular complexity index is 585. The Morgan fingerprint density at radius 1 is 0.964 bits per heavy atom. The third-order valence-electron chi connectivity index (χ3n) is 6.94. The summed E-state index contributed by atoms with van der Waals surface area (Å²) in [6.45, 7) is 11.3. The van der Waals surface area contributed by atoms with Crippen LogP contribution >= 0.6 is 0 Å². The molecule has 1 aromatic carbocycles. The molecule has 5 atom stereocenters. The van der Waals surface area contributed by atoms with Gasteiger partial charge in [-0.2, -0.15) is 0 Å². The molecular weight excluding hydrogens is 344 g/mol. The molecule has 2 aliphatic rings. The molecule has 2 aliphatic carbocycles. The van der Waals surface area contributed by atoms with E-state index in [0.717, 1.165) is 24.0 Å². The highest BCUT2D eigenvalue weighted by atomic mass is 16.7. The van der Waals surface area contributed by atoms with Gasteiger partial charge < -0.3 is 9.47 Å². The van der Waals surface area contributed by atoms with E-state index in [1.807, 2.05) is 0 Å². The van der Waals surface area contributed by atoms with E-state index in [1.165, 1.54) is 56.9 Å². The predicted molar refractivity (Wildman–Crippen MR) is 118 cm³/mol. The number of ether oxygens (including phenoxy) is 2. The Hall–Kier alpha value is -1.02. The van der Waals surface area contributed by atoms with E-state index >= 15 is 0 Å². The Labute approximate surface area is 173 Å². The fourth-order valence-corrected chi connectivity index (χ4v) is 5.05. The second kappa shape index (κ2) is 9.65. The van der Waals surface area contributed by atoms with E-state index < -0.39 is 0 Å². The van der Waals surface area contributed by atoms with Crippen molar-refractivity contribution < 1.29 is 9.47 Å². The molecule has 0 aliphatic heterocycles. The summed E-state index contributed by atoms with van der Waals surface area (Å²) in [5.41, 5.74) is 1.57. The van der Waals surface area contributed by atoms with Gasteiger partial charge in [0.1, 0.15) is 5.75 Å². The van der Waals surface area contributed by atoms with E-state index in [1.54, 1.807) is 0 Å². The zero-order chi connectivity index (χ0) is 20.1. The van der Waals surface area contributed by atoms with Crippen molar-refractivity contribution in [1.82, 2.24) is 0 Å². The van der Waals surface area contributed by atoms with Crippen LogP contribution in [0, 0.1) is 17.3 Å². The van der Waals surface area contributed by atoms with E-state index in [-0.39, 0.29) is 11.7 Å². The molecule has 1 aromatic rings. The molecule has 2 saturated carbocycles. The molecule has 2 fully saturated rings. The molecule has 158 valence electrons. The van der Waals surface area contributed by atoms with Gasteiger partial charge in [-0.25, -0.2) is 0 Å². The first kappa shape index (κ1) is 21.7. The van der Waals surface area contributed by atoms with Gasteiger partial charge >= 0.3 is 0 Å². The smallest absolute Gasteiger partial charge is 0.200 e. The maximum Gasteiger partial charge on any atom is 0.200 e. The van der Waals surface area contributed by atoms with Crippen LogP contribution in [0.5, 0.6) is 5.75 Å². The average Bonchev–Trinajstić information content (AvgIpc) is 2.66. The number of hydrogen-bond donors (Lipinski definition) is 0. The molecule has 2 nitrogen and oxygen atoms in total. The molecular formula is C26H42O2. The molecule has 28 heavy (non-hydrogen) atoms. The van der Waals surface area contributed by atoms with Gasteiger partial charge in [0, 0.05) is 6.42 Å². The maximum absolute atomic E-state index is 6.60. The van der Waals surface area contributed by atoms with Gasteiger partial charge in [-0.05, 0) is 66.5 Å². The second-order valence-corrected chi connectivity index (χ2v) is 10.6. The Balaban J connectivity index is 1.62. The normalized spacial score (nSPS) is 27.7. The minimum atomic E-state index is -0.153. The van der Waals surface area contributed by atoms with Gasteiger partial charge in [0.15, 0.2) is 0 Å². The van der Waals surface area contributed by atoms with Crippen molar-refractivity contribution in [1.29, 1.82) is 0 Å². The van der Waals surface area contributed by atoms with Crippen LogP contribution in [0.3, 0.4) is 0 Å². The van der Waals surface area contributed by atoms with Crippen molar-refractivity contribution >= 4 is 0 Å². The van der Waals surface area contributed by atoms with Crippen LogP contribution in [0.4, 0.5) is 0 Å². The van der Waals surface area contributed by atoms with Gasteiger partial charge in [0.05, 0.1) is 6.10 Å². The molecule has 0 aromatic heterocycles. The Kier molecular flexibility index (Phi) is 7.48. The van der Waals surface area contributed by atoms with Crippen molar-refractivity contribution in [3.8, 4) is 5.75 Å². The standard InChI is InChI=1S/C26H42O2/c1-6-19(2)20-11-14-23(15-12-20)27-25(18-26(3,4)5)28-24-16-13-21-9-7-8-10-22(21)17-24/h11-12,14-15,19,21-22,24-25H,6-10,13,16-18H2,1-5H3. The fourth-order valence-electron chi connectivity index (χ4n) is 5.05. The van der Waals surface area contributed by atoms with Crippen LogP contribution in [-0.4, -0.2) is 12.4 Å². The van der Waals surface area contributed by atoms with Crippen LogP contribution in [-0.2, 0) is 4.74 Å². The van der Waals surface area contributed by atoms with Gasteiger partial charge in [-0.1, -0.05) is 72.4 Å². The molecule has 3 rings (SSSR count). The molecule has 0 heterocycles. The van der Waals surface area contributed by atoms with Crippen molar-refractivity contribution in [3.05, 3.63) is 29.8 Å². The van der Waals surface area contributed by atoms with E-state index in [2.05, 4.69) is 58.9 Å². The zero-order valence-electron chi connectivity index (χ0n) is 18.9. The van der Waals surface area contributed by atoms with Crippen molar-refractivity contribution in [2.24, 2.45) is 17.3 Å². The largest absolute Gasteiger partial charge is 0.465 e. The van der Waals surface area contributed by atoms with E-state index in [9.17, 15) is 0 Å². The van der Waals surface area contributed by atoms with Crippen LogP contribution in [0.15, 0.2) is 24.3 Å². The lowest BCUT2D eigenvalue weighted by Gasteiger charge is -2.40. The number of benzene rings is 1. The molecule has 0 bridgehead atoms. The van der Waals surface area contributed by atoms with Crippen LogP contribution in [0.1, 0.15) is 104 Å². The molecule has 0 saturated heterocycles. The first-order chi connectivity index (χ1) is 13.3. The lowest BCUT2D eigenvalue weighted by Crippen LogP contribution is -2.37.